The Bertz CT molecular complexity index is 361. The number of benzene rings is 1. The van der Waals surface area contributed by atoms with E-state index in [2.05, 4.69) is 10.1 Å². The summed E-state index contributed by atoms with van der Waals surface area (Å²) in [4.78, 5) is 10.7. The number of phenolic OH excluding ortho intramolecular Hbond substituents is 1. The molecule has 0 fully saturated rings. The van der Waals surface area contributed by atoms with Gasteiger partial charge in [-0.1, -0.05) is 12.1 Å². The lowest BCUT2D eigenvalue weighted by Crippen LogP contribution is -2.00. The van der Waals surface area contributed by atoms with E-state index in [4.69, 9.17) is 5.11 Å². The molecule has 0 saturated heterocycles. The second-order valence-electron chi connectivity index (χ2n) is 2.86. The van der Waals surface area contributed by atoms with E-state index in [-0.39, 0.29) is 11.7 Å². The van der Waals surface area contributed by atoms with Crippen LogP contribution in [-0.2, 0) is 9.53 Å². The Morgan fingerprint density at radius 1 is 1.60 bits per heavy atom. The highest BCUT2D eigenvalue weighted by molar-refractivity contribution is 5.81. The number of carbonyl (C=O) groups is 1. The summed E-state index contributed by atoms with van der Waals surface area (Å²) in [6, 6.07) is 6.76. The number of hydrogen-bond donors (Lipinski definition) is 2. The molecule has 0 heterocycles. The van der Waals surface area contributed by atoms with Crippen molar-refractivity contribution in [3.8, 4) is 5.75 Å². The van der Waals surface area contributed by atoms with Gasteiger partial charge in [0.05, 0.1) is 7.11 Å². The Labute approximate surface area is 88.2 Å². The first-order valence-electron chi connectivity index (χ1n) is 4.50. The van der Waals surface area contributed by atoms with Crippen molar-refractivity contribution in [1.82, 2.24) is 0 Å². The quantitative estimate of drug-likeness (QED) is 0.580. The number of methoxy groups -OCH3 is 1. The van der Waals surface area contributed by atoms with Gasteiger partial charge in [-0.2, -0.15) is 0 Å². The minimum Gasteiger partial charge on any atom is -0.508 e. The smallest absolute Gasteiger partial charge is 0.330 e. The Hall–Kier alpha value is -1.97. The summed E-state index contributed by atoms with van der Waals surface area (Å²) in [7, 11) is 1.33. The molecule has 0 aromatic heterocycles. The maximum absolute atomic E-state index is 10.7. The summed E-state index contributed by atoms with van der Waals surface area (Å²) in [6.07, 6.45) is 2.99. The first-order chi connectivity index (χ1) is 7.22. The van der Waals surface area contributed by atoms with E-state index < -0.39 is 0 Å². The maximum atomic E-state index is 10.7. The monoisotopic (exact) mass is 207 g/mol. The normalized spacial score (nSPS) is 10.2. The largest absolute Gasteiger partial charge is 0.508 e. The van der Waals surface area contributed by atoms with Crippen molar-refractivity contribution in [3.05, 3.63) is 36.4 Å². The third kappa shape index (κ3) is 4.17. The number of hydrogen-bond acceptors (Lipinski definition) is 4. The van der Waals surface area contributed by atoms with Gasteiger partial charge in [-0.05, 0) is 12.1 Å². The summed E-state index contributed by atoms with van der Waals surface area (Å²) in [6.45, 7) is 0.499. The topological polar surface area (TPSA) is 58.6 Å². The first kappa shape index (κ1) is 11.1. The summed E-state index contributed by atoms with van der Waals surface area (Å²) in [5.41, 5.74) is 0.796. The lowest BCUT2D eigenvalue weighted by Gasteiger charge is -2.02. The third-order valence-electron chi connectivity index (χ3n) is 1.73. The number of anilines is 1. The SMILES string of the molecule is COC(=O)/C=C/CNc1cccc(O)c1. The highest BCUT2D eigenvalue weighted by Gasteiger charge is 1.92. The number of carbonyl (C=O) groups excluding carboxylic acids is 1. The summed E-state index contributed by atoms with van der Waals surface area (Å²) in [5.74, 6) is -0.176. The zero-order valence-corrected chi connectivity index (χ0v) is 8.43. The standard InChI is InChI=1S/C11H13NO3/c1-15-11(14)6-3-7-12-9-4-2-5-10(13)8-9/h2-6,8,12-13H,7H2,1H3/b6-3+. The predicted molar refractivity (Wildman–Crippen MR) is 57.8 cm³/mol. The van der Waals surface area contributed by atoms with E-state index in [0.717, 1.165) is 5.69 Å². The molecule has 2 N–H and O–H groups in total. The molecule has 4 nitrogen and oxygen atoms in total. The fraction of sp³-hybridized carbons (Fsp3) is 0.182. The van der Waals surface area contributed by atoms with Crippen molar-refractivity contribution < 1.29 is 14.6 Å². The molecule has 0 unspecified atom stereocenters. The predicted octanol–water partition coefficient (Wildman–Crippen LogP) is 1.53. The molecule has 1 aromatic carbocycles. The third-order valence-corrected chi connectivity index (χ3v) is 1.73. The van der Waals surface area contributed by atoms with Gasteiger partial charge in [0.1, 0.15) is 5.75 Å². The van der Waals surface area contributed by atoms with Crippen LogP contribution in [0.25, 0.3) is 0 Å². The lowest BCUT2D eigenvalue weighted by molar-refractivity contribution is -0.134. The van der Waals surface area contributed by atoms with E-state index in [1.807, 2.05) is 6.07 Å². The lowest BCUT2D eigenvalue weighted by atomic mass is 10.3. The summed E-state index contributed by atoms with van der Waals surface area (Å²) < 4.78 is 4.43. The Kier molecular flexibility index (Phi) is 4.22. The van der Waals surface area contributed by atoms with Gasteiger partial charge < -0.3 is 15.2 Å². The molecule has 0 amide bonds. The molecule has 0 atom stereocenters. The van der Waals surface area contributed by atoms with Crippen molar-refractivity contribution in [2.75, 3.05) is 19.0 Å². The van der Waals surface area contributed by atoms with E-state index in [9.17, 15) is 4.79 Å². The van der Waals surface area contributed by atoms with Crippen LogP contribution in [0.2, 0.25) is 0 Å². The van der Waals surface area contributed by atoms with Crippen LogP contribution >= 0.6 is 0 Å². The molecular formula is C11H13NO3. The minimum absolute atomic E-state index is 0.206. The molecule has 0 bridgehead atoms. The molecule has 80 valence electrons. The Morgan fingerprint density at radius 3 is 3.07 bits per heavy atom. The number of ether oxygens (including phenoxy) is 1. The number of rotatable bonds is 4. The summed E-state index contributed by atoms with van der Waals surface area (Å²) >= 11 is 0. The minimum atomic E-state index is -0.382. The average molecular weight is 207 g/mol. The number of aromatic hydroxyl groups is 1. The van der Waals surface area contributed by atoms with Crippen molar-refractivity contribution in [2.45, 2.75) is 0 Å². The van der Waals surface area contributed by atoms with Crippen LogP contribution in [0.5, 0.6) is 5.75 Å². The van der Waals surface area contributed by atoms with Crippen LogP contribution in [-0.4, -0.2) is 24.7 Å². The van der Waals surface area contributed by atoms with E-state index >= 15 is 0 Å². The molecule has 0 aliphatic rings. The molecule has 0 radical (unpaired) electrons. The van der Waals surface area contributed by atoms with Crippen molar-refractivity contribution in [3.63, 3.8) is 0 Å². The first-order valence-corrected chi connectivity index (χ1v) is 4.50. The van der Waals surface area contributed by atoms with Gasteiger partial charge >= 0.3 is 5.97 Å². The molecule has 1 aromatic rings. The summed E-state index contributed by atoms with van der Waals surface area (Å²) in [5, 5.41) is 12.2. The molecule has 0 aliphatic carbocycles. The van der Waals surface area contributed by atoms with Gasteiger partial charge in [0.25, 0.3) is 0 Å². The molecule has 0 spiro atoms. The molecular weight excluding hydrogens is 194 g/mol. The van der Waals surface area contributed by atoms with Crippen LogP contribution < -0.4 is 5.32 Å². The second-order valence-corrected chi connectivity index (χ2v) is 2.86. The fourth-order valence-corrected chi connectivity index (χ4v) is 1.02. The zero-order valence-electron chi connectivity index (χ0n) is 8.43. The van der Waals surface area contributed by atoms with Crippen molar-refractivity contribution >= 4 is 11.7 Å². The van der Waals surface area contributed by atoms with E-state index in [1.165, 1.54) is 13.2 Å². The van der Waals surface area contributed by atoms with Crippen molar-refractivity contribution in [2.24, 2.45) is 0 Å². The number of phenols is 1. The molecule has 0 saturated carbocycles. The highest BCUT2D eigenvalue weighted by atomic mass is 16.5. The van der Waals surface area contributed by atoms with Crippen LogP contribution in [0.15, 0.2) is 36.4 Å². The average Bonchev–Trinajstić information content (AvgIpc) is 2.24. The second kappa shape index (κ2) is 5.70. The highest BCUT2D eigenvalue weighted by Crippen LogP contribution is 2.14. The van der Waals surface area contributed by atoms with Gasteiger partial charge in [-0.15, -0.1) is 0 Å². The fourth-order valence-electron chi connectivity index (χ4n) is 1.02. The zero-order chi connectivity index (χ0) is 11.1. The number of nitrogens with one attached hydrogen (secondary N) is 1. The molecule has 4 heteroatoms. The van der Waals surface area contributed by atoms with Gasteiger partial charge in [0.15, 0.2) is 0 Å². The van der Waals surface area contributed by atoms with E-state index in [0.29, 0.717) is 6.54 Å². The van der Waals surface area contributed by atoms with E-state index in [1.54, 1.807) is 24.3 Å². The number of esters is 1. The molecule has 1 rings (SSSR count). The van der Waals surface area contributed by atoms with Crippen LogP contribution in [0.1, 0.15) is 0 Å². The van der Waals surface area contributed by atoms with Crippen LogP contribution in [0.4, 0.5) is 5.69 Å². The van der Waals surface area contributed by atoms with Gasteiger partial charge in [-0.25, -0.2) is 4.79 Å². The van der Waals surface area contributed by atoms with Crippen LogP contribution in [0, 0.1) is 0 Å². The Balaban J connectivity index is 2.38. The van der Waals surface area contributed by atoms with Gasteiger partial charge in [0, 0.05) is 24.4 Å². The molecule has 0 aliphatic heterocycles. The van der Waals surface area contributed by atoms with Crippen molar-refractivity contribution in [1.29, 1.82) is 0 Å². The molecule has 15 heavy (non-hydrogen) atoms. The van der Waals surface area contributed by atoms with Gasteiger partial charge in [-0.3, -0.25) is 0 Å². The Morgan fingerprint density at radius 2 is 2.40 bits per heavy atom. The van der Waals surface area contributed by atoms with Crippen LogP contribution in [0.3, 0.4) is 0 Å². The van der Waals surface area contributed by atoms with Gasteiger partial charge in [0.2, 0.25) is 0 Å². The maximum Gasteiger partial charge on any atom is 0.330 e.